The van der Waals surface area contributed by atoms with Crippen LogP contribution in [0.2, 0.25) is 0 Å². The summed E-state index contributed by atoms with van der Waals surface area (Å²) < 4.78 is 1.67. The minimum atomic E-state index is -0.0854. The van der Waals surface area contributed by atoms with Gasteiger partial charge in [-0.2, -0.15) is 0 Å². The van der Waals surface area contributed by atoms with Crippen LogP contribution in [0.15, 0.2) is 53.5 Å². The number of hydrogen-bond donors (Lipinski definition) is 1. The van der Waals surface area contributed by atoms with E-state index in [0.717, 1.165) is 51.3 Å². The Hall–Kier alpha value is -3.32. The third-order valence-corrected chi connectivity index (χ3v) is 7.05. The van der Waals surface area contributed by atoms with E-state index in [1.54, 1.807) is 22.9 Å². The zero-order valence-corrected chi connectivity index (χ0v) is 18.9. The molecule has 0 radical (unpaired) electrons. The molecule has 1 saturated carbocycles. The van der Waals surface area contributed by atoms with E-state index in [-0.39, 0.29) is 11.5 Å². The molecule has 32 heavy (non-hydrogen) atoms. The Morgan fingerprint density at radius 2 is 1.84 bits per heavy atom. The molecule has 1 aliphatic carbocycles. The standard InChI is InChI=1S/C25H24N4O2S/c1-15-21-16(2)27-23(19-10-11-19)28-25(21)32-22(15)24(31)26-13-17-6-8-18(9-7-17)14-29-12-4-3-5-20(29)30/h3-9,12,19H,10-11,13-14H2,1-2H3,(H,26,31). The fraction of sp³-hybridized carbons (Fsp3) is 0.280. The van der Waals surface area contributed by atoms with E-state index in [4.69, 9.17) is 4.98 Å². The van der Waals surface area contributed by atoms with Gasteiger partial charge in [0, 0.05) is 30.1 Å². The molecule has 0 unspecified atom stereocenters. The minimum absolute atomic E-state index is 0.0216. The van der Waals surface area contributed by atoms with Crippen LogP contribution in [0, 0.1) is 13.8 Å². The lowest BCUT2D eigenvalue weighted by atomic mass is 10.1. The third kappa shape index (κ3) is 4.08. The fourth-order valence-corrected chi connectivity index (χ4v) is 5.07. The van der Waals surface area contributed by atoms with Gasteiger partial charge in [0.05, 0.1) is 17.1 Å². The zero-order chi connectivity index (χ0) is 22.2. The number of carbonyl (C=O) groups excluding carboxylic acids is 1. The summed E-state index contributed by atoms with van der Waals surface area (Å²) in [6, 6.07) is 13.1. The van der Waals surface area contributed by atoms with Crippen LogP contribution in [0.3, 0.4) is 0 Å². The van der Waals surface area contributed by atoms with E-state index in [2.05, 4.69) is 10.3 Å². The SMILES string of the molecule is Cc1nc(C2CC2)nc2sc(C(=O)NCc3ccc(Cn4ccccc4=O)cc3)c(C)c12. The minimum Gasteiger partial charge on any atom is -0.347 e. The second kappa shape index (κ2) is 8.31. The molecule has 4 aromatic rings. The second-order valence-electron chi connectivity index (χ2n) is 8.34. The molecule has 0 saturated heterocycles. The van der Waals surface area contributed by atoms with Gasteiger partial charge in [0.1, 0.15) is 10.7 Å². The van der Waals surface area contributed by atoms with E-state index in [1.807, 2.05) is 44.2 Å². The first-order valence-electron chi connectivity index (χ1n) is 10.8. The van der Waals surface area contributed by atoms with Crippen LogP contribution < -0.4 is 10.9 Å². The maximum atomic E-state index is 12.9. The lowest BCUT2D eigenvalue weighted by molar-refractivity contribution is 0.0954. The quantitative estimate of drug-likeness (QED) is 0.480. The molecule has 162 valence electrons. The first kappa shape index (κ1) is 20.6. The Labute approximate surface area is 190 Å². The molecule has 1 amide bonds. The van der Waals surface area contributed by atoms with Crippen LogP contribution in [-0.2, 0) is 13.1 Å². The number of rotatable bonds is 6. The number of benzene rings is 1. The summed E-state index contributed by atoms with van der Waals surface area (Å²) in [6.07, 6.45) is 4.09. The highest BCUT2D eigenvalue weighted by molar-refractivity contribution is 7.20. The van der Waals surface area contributed by atoms with Gasteiger partial charge in [-0.15, -0.1) is 11.3 Å². The predicted octanol–water partition coefficient (Wildman–Crippen LogP) is 4.33. The van der Waals surface area contributed by atoms with Gasteiger partial charge >= 0.3 is 0 Å². The normalized spacial score (nSPS) is 13.4. The molecule has 7 heteroatoms. The lowest BCUT2D eigenvalue weighted by Gasteiger charge is -2.08. The first-order chi connectivity index (χ1) is 15.5. The maximum Gasteiger partial charge on any atom is 0.261 e. The Kier molecular flexibility index (Phi) is 5.35. The highest BCUT2D eigenvalue weighted by Crippen LogP contribution is 2.40. The van der Waals surface area contributed by atoms with Crippen LogP contribution in [0.4, 0.5) is 0 Å². The van der Waals surface area contributed by atoms with E-state index >= 15 is 0 Å². The Balaban J connectivity index is 1.28. The van der Waals surface area contributed by atoms with Crippen molar-refractivity contribution in [3.63, 3.8) is 0 Å². The van der Waals surface area contributed by atoms with Crippen LogP contribution in [0.5, 0.6) is 0 Å². The highest BCUT2D eigenvalue weighted by Gasteiger charge is 2.28. The molecule has 0 aliphatic heterocycles. The van der Waals surface area contributed by atoms with Crippen molar-refractivity contribution < 1.29 is 4.79 Å². The summed E-state index contributed by atoms with van der Waals surface area (Å²) in [4.78, 5) is 35.8. The van der Waals surface area contributed by atoms with Crippen molar-refractivity contribution in [1.82, 2.24) is 19.9 Å². The van der Waals surface area contributed by atoms with Gasteiger partial charge in [0.2, 0.25) is 0 Å². The summed E-state index contributed by atoms with van der Waals surface area (Å²) >= 11 is 1.45. The van der Waals surface area contributed by atoms with Crippen LogP contribution in [0.25, 0.3) is 10.2 Å². The van der Waals surface area contributed by atoms with Crippen molar-refractivity contribution in [3.8, 4) is 0 Å². The molecule has 0 bridgehead atoms. The van der Waals surface area contributed by atoms with Crippen molar-refractivity contribution in [3.05, 3.63) is 92.1 Å². The Bertz CT molecular complexity index is 1370. The Morgan fingerprint density at radius 1 is 1.09 bits per heavy atom. The van der Waals surface area contributed by atoms with Gasteiger partial charge in [-0.3, -0.25) is 9.59 Å². The number of nitrogens with one attached hydrogen (secondary N) is 1. The lowest BCUT2D eigenvalue weighted by Crippen LogP contribution is -2.22. The molecule has 0 spiro atoms. The number of carbonyl (C=O) groups is 1. The van der Waals surface area contributed by atoms with Crippen LogP contribution in [0.1, 0.15) is 56.6 Å². The predicted molar refractivity (Wildman–Crippen MR) is 126 cm³/mol. The zero-order valence-electron chi connectivity index (χ0n) is 18.1. The molecular formula is C25H24N4O2S. The maximum absolute atomic E-state index is 12.9. The van der Waals surface area contributed by atoms with Crippen molar-refractivity contribution in [2.45, 2.75) is 45.7 Å². The van der Waals surface area contributed by atoms with Gasteiger partial charge in [-0.25, -0.2) is 9.97 Å². The number of hydrogen-bond acceptors (Lipinski definition) is 5. The molecule has 3 aromatic heterocycles. The number of amides is 1. The van der Waals surface area contributed by atoms with Crippen LogP contribution in [-0.4, -0.2) is 20.4 Å². The van der Waals surface area contributed by atoms with Crippen molar-refractivity contribution in [2.24, 2.45) is 0 Å². The largest absolute Gasteiger partial charge is 0.347 e. The summed E-state index contributed by atoms with van der Waals surface area (Å²) in [5, 5.41) is 4.04. The summed E-state index contributed by atoms with van der Waals surface area (Å²) in [6.45, 7) is 4.94. The number of aryl methyl sites for hydroxylation is 2. The van der Waals surface area contributed by atoms with Gasteiger partial charge in [-0.05, 0) is 49.4 Å². The smallest absolute Gasteiger partial charge is 0.261 e. The van der Waals surface area contributed by atoms with Gasteiger partial charge in [0.25, 0.3) is 11.5 Å². The molecule has 1 fully saturated rings. The first-order valence-corrected chi connectivity index (χ1v) is 11.6. The number of nitrogens with zero attached hydrogens (tertiary/aromatic N) is 3. The topological polar surface area (TPSA) is 76.9 Å². The number of pyridine rings is 1. The number of thiophene rings is 1. The molecule has 6 nitrogen and oxygen atoms in total. The van der Waals surface area contributed by atoms with Crippen molar-refractivity contribution in [1.29, 1.82) is 0 Å². The van der Waals surface area contributed by atoms with Gasteiger partial charge < -0.3 is 9.88 Å². The molecule has 0 atom stereocenters. The second-order valence-corrected chi connectivity index (χ2v) is 9.34. The summed E-state index contributed by atoms with van der Waals surface area (Å²) in [5.74, 6) is 1.32. The van der Waals surface area contributed by atoms with Gasteiger partial charge in [0.15, 0.2) is 0 Å². The van der Waals surface area contributed by atoms with E-state index < -0.39 is 0 Å². The molecule has 1 aliphatic rings. The molecular weight excluding hydrogens is 420 g/mol. The summed E-state index contributed by atoms with van der Waals surface area (Å²) in [5.41, 5.74) is 3.93. The van der Waals surface area contributed by atoms with E-state index in [1.165, 1.54) is 11.3 Å². The van der Waals surface area contributed by atoms with Crippen molar-refractivity contribution >= 4 is 27.5 Å². The van der Waals surface area contributed by atoms with Gasteiger partial charge in [-0.1, -0.05) is 30.3 Å². The molecule has 5 rings (SSSR count). The Morgan fingerprint density at radius 3 is 2.56 bits per heavy atom. The molecule has 1 N–H and O–H groups in total. The monoisotopic (exact) mass is 444 g/mol. The number of fused-ring (bicyclic) bond motifs is 1. The average Bonchev–Trinajstić information content (AvgIpc) is 3.58. The molecule has 3 heterocycles. The van der Waals surface area contributed by atoms with E-state index in [9.17, 15) is 9.59 Å². The average molecular weight is 445 g/mol. The fourth-order valence-electron chi connectivity index (χ4n) is 3.91. The molecule has 1 aromatic carbocycles. The van der Waals surface area contributed by atoms with E-state index in [0.29, 0.717) is 23.9 Å². The highest BCUT2D eigenvalue weighted by atomic mass is 32.1. The number of aromatic nitrogens is 3. The van der Waals surface area contributed by atoms with Crippen LogP contribution >= 0.6 is 11.3 Å². The summed E-state index contributed by atoms with van der Waals surface area (Å²) in [7, 11) is 0. The third-order valence-electron chi connectivity index (χ3n) is 5.87. The van der Waals surface area contributed by atoms with Crippen molar-refractivity contribution in [2.75, 3.05) is 0 Å².